The number of carbonyl (C=O) groups is 1. The van der Waals surface area contributed by atoms with E-state index < -0.39 is 5.63 Å². The lowest BCUT2D eigenvalue weighted by molar-refractivity contribution is 0.0977. The predicted octanol–water partition coefficient (Wildman–Crippen LogP) is 5.14. The average molecular weight is 378 g/mol. The topological polar surface area (TPSA) is 67.5 Å². The Labute approximate surface area is 164 Å². The summed E-state index contributed by atoms with van der Waals surface area (Å²) < 4.78 is 5.85. The highest BCUT2D eigenvalue weighted by molar-refractivity contribution is 6.00. The van der Waals surface area contributed by atoms with Gasteiger partial charge >= 0.3 is 5.63 Å². The fourth-order valence-corrected chi connectivity index (χ4v) is 4.90. The van der Waals surface area contributed by atoms with Crippen molar-refractivity contribution in [3.05, 3.63) is 63.2 Å². The number of rotatable bonds is 5. The first-order chi connectivity index (χ1) is 13.6. The van der Waals surface area contributed by atoms with Gasteiger partial charge in [0.05, 0.1) is 11.1 Å². The van der Waals surface area contributed by atoms with Crippen LogP contribution in [0.1, 0.15) is 90.4 Å². The summed E-state index contributed by atoms with van der Waals surface area (Å²) in [6.45, 7) is 0. The van der Waals surface area contributed by atoms with Gasteiger partial charge in [0.2, 0.25) is 0 Å². The number of aromatic hydroxyl groups is 1. The molecule has 1 aromatic heterocycles. The van der Waals surface area contributed by atoms with Gasteiger partial charge in [-0.15, -0.1) is 0 Å². The van der Waals surface area contributed by atoms with Crippen molar-refractivity contribution in [3.8, 4) is 5.75 Å². The van der Waals surface area contributed by atoms with Crippen LogP contribution in [0.3, 0.4) is 0 Å². The average Bonchev–Trinajstić information content (AvgIpc) is 3.58. The summed E-state index contributed by atoms with van der Waals surface area (Å²) in [7, 11) is 0. The molecule has 4 heteroatoms. The Bertz CT molecular complexity index is 951. The molecule has 2 atom stereocenters. The summed E-state index contributed by atoms with van der Waals surface area (Å²) in [4.78, 5) is 25.9. The van der Waals surface area contributed by atoms with Gasteiger partial charge in [-0.1, -0.05) is 43.2 Å². The minimum atomic E-state index is -0.465. The minimum Gasteiger partial charge on any atom is -0.506 e. The molecule has 28 heavy (non-hydrogen) atoms. The van der Waals surface area contributed by atoms with E-state index in [2.05, 4.69) is 0 Å². The van der Waals surface area contributed by atoms with Gasteiger partial charge < -0.3 is 9.52 Å². The van der Waals surface area contributed by atoms with E-state index in [0.717, 1.165) is 37.7 Å². The molecule has 1 heterocycles. The van der Waals surface area contributed by atoms with Crippen LogP contribution in [0.4, 0.5) is 0 Å². The van der Waals surface area contributed by atoms with Gasteiger partial charge in [-0.2, -0.15) is 0 Å². The zero-order chi connectivity index (χ0) is 19.3. The van der Waals surface area contributed by atoms with Crippen molar-refractivity contribution in [2.45, 2.75) is 63.2 Å². The van der Waals surface area contributed by atoms with Gasteiger partial charge in [0.25, 0.3) is 0 Å². The maximum atomic E-state index is 13.1. The van der Waals surface area contributed by atoms with E-state index in [1.807, 2.05) is 30.3 Å². The molecular formula is C24H26O4. The highest BCUT2D eigenvalue weighted by atomic mass is 16.4. The number of fused-ring (bicyclic) bond motifs is 1. The van der Waals surface area contributed by atoms with Gasteiger partial charge in [0.1, 0.15) is 11.5 Å². The summed E-state index contributed by atoms with van der Waals surface area (Å²) in [6.07, 6.45) is 7.47. The summed E-state index contributed by atoms with van der Waals surface area (Å²) in [5.74, 6) is 1.10. The van der Waals surface area contributed by atoms with E-state index in [1.54, 1.807) is 0 Å². The monoisotopic (exact) mass is 378 g/mol. The number of hydrogen-bond donors (Lipinski definition) is 1. The molecule has 4 nitrogen and oxygen atoms in total. The lowest BCUT2D eigenvalue weighted by Gasteiger charge is -2.21. The Balaban J connectivity index is 1.65. The van der Waals surface area contributed by atoms with Gasteiger partial charge in [-0.25, -0.2) is 4.79 Å². The predicted molar refractivity (Wildman–Crippen MR) is 106 cm³/mol. The Morgan fingerprint density at radius 3 is 2.46 bits per heavy atom. The number of carbonyl (C=O) groups excluding carboxylic acids is 1. The van der Waals surface area contributed by atoms with Crippen molar-refractivity contribution in [2.75, 3.05) is 0 Å². The molecule has 0 saturated heterocycles. The maximum Gasteiger partial charge on any atom is 0.343 e. The summed E-state index contributed by atoms with van der Waals surface area (Å²) >= 11 is 0. The van der Waals surface area contributed by atoms with Crippen molar-refractivity contribution in [1.29, 1.82) is 0 Å². The smallest absolute Gasteiger partial charge is 0.343 e. The molecule has 0 spiro atoms. The molecule has 0 radical (unpaired) electrons. The minimum absolute atomic E-state index is 0.0673. The van der Waals surface area contributed by atoms with Gasteiger partial charge in [0.15, 0.2) is 5.78 Å². The van der Waals surface area contributed by atoms with E-state index in [9.17, 15) is 14.7 Å². The van der Waals surface area contributed by atoms with E-state index in [0.29, 0.717) is 29.6 Å². The Morgan fingerprint density at radius 2 is 1.79 bits per heavy atom. The van der Waals surface area contributed by atoms with E-state index >= 15 is 0 Å². The quantitative estimate of drug-likeness (QED) is 0.732. The van der Waals surface area contributed by atoms with Gasteiger partial charge in [-0.3, -0.25) is 4.79 Å². The van der Waals surface area contributed by atoms with Crippen LogP contribution in [0.15, 0.2) is 39.5 Å². The van der Waals surface area contributed by atoms with Crippen molar-refractivity contribution in [2.24, 2.45) is 11.8 Å². The largest absolute Gasteiger partial charge is 0.506 e. The molecule has 3 aliphatic carbocycles. The molecule has 0 bridgehead atoms. The fraction of sp³-hybridized carbons (Fsp3) is 0.500. The summed E-state index contributed by atoms with van der Waals surface area (Å²) in [5, 5.41) is 11.2. The molecular weight excluding hydrogens is 352 g/mol. The second-order valence-corrected chi connectivity index (χ2v) is 8.81. The highest BCUT2D eigenvalue weighted by Gasteiger charge is 2.41. The maximum absolute atomic E-state index is 13.1. The first kappa shape index (κ1) is 17.7. The molecule has 0 aliphatic heterocycles. The van der Waals surface area contributed by atoms with Crippen molar-refractivity contribution in [1.82, 2.24) is 0 Å². The van der Waals surface area contributed by atoms with E-state index in [1.165, 1.54) is 12.8 Å². The molecule has 2 fully saturated rings. The third-order valence-electron chi connectivity index (χ3n) is 6.64. The standard InChI is InChI=1S/C24H26O4/c25-18-8-4-7-17(13-14-9-10-14)23-20(18)22(26)21(24(27)28-23)19(16-11-12-16)15-5-2-1-3-6-15/h1-3,5-6,14,16-17,19,26H,4,7-13H2. The van der Waals surface area contributed by atoms with E-state index in [-0.39, 0.29) is 28.9 Å². The third-order valence-corrected chi connectivity index (χ3v) is 6.64. The molecule has 146 valence electrons. The van der Waals surface area contributed by atoms with Crippen LogP contribution >= 0.6 is 0 Å². The van der Waals surface area contributed by atoms with Crippen molar-refractivity contribution >= 4 is 5.78 Å². The molecule has 1 N–H and O–H groups in total. The molecule has 0 amide bonds. The second kappa shape index (κ2) is 6.91. The Hall–Kier alpha value is -2.36. The number of hydrogen-bond acceptors (Lipinski definition) is 4. The molecule has 1 aromatic carbocycles. The van der Waals surface area contributed by atoms with Crippen LogP contribution in [0.2, 0.25) is 0 Å². The molecule has 2 unspecified atom stereocenters. The molecule has 3 aliphatic rings. The Morgan fingerprint density at radius 1 is 1.04 bits per heavy atom. The normalized spacial score (nSPS) is 23.1. The number of ketones is 1. The van der Waals surface area contributed by atoms with Gasteiger partial charge in [-0.05, 0) is 49.5 Å². The number of benzene rings is 1. The van der Waals surface area contributed by atoms with Crippen LogP contribution in [0.5, 0.6) is 5.75 Å². The van der Waals surface area contributed by atoms with Gasteiger partial charge in [0, 0.05) is 18.3 Å². The van der Waals surface area contributed by atoms with Crippen LogP contribution < -0.4 is 5.63 Å². The second-order valence-electron chi connectivity index (χ2n) is 8.81. The first-order valence-corrected chi connectivity index (χ1v) is 10.6. The van der Waals surface area contributed by atoms with Crippen LogP contribution in [-0.4, -0.2) is 10.9 Å². The SMILES string of the molecule is O=C1CCCC(CC2CC2)c2oc(=O)c(C(c3ccccc3)C3CC3)c(O)c21. The first-order valence-electron chi connectivity index (χ1n) is 10.6. The number of Topliss-reactive ketones (excluding diaryl/α,β-unsaturated/α-hetero) is 1. The Kier molecular flexibility index (Phi) is 4.37. The van der Waals surface area contributed by atoms with Crippen LogP contribution in [-0.2, 0) is 0 Å². The zero-order valence-electron chi connectivity index (χ0n) is 16.0. The lowest BCUT2D eigenvalue weighted by atomic mass is 9.85. The van der Waals surface area contributed by atoms with Crippen LogP contribution in [0.25, 0.3) is 0 Å². The third kappa shape index (κ3) is 3.19. The highest BCUT2D eigenvalue weighted by Crippen LogP contribution is 2.50. The molecule has 2 saturated carbocycles. The van der Waals surface area contributed by atoms with Crippen LogP contribution in [0, 0.1) is 11.8 Å². The van der Waals surface area contributed by atoms with Crippen molar-refractivity contribution in [3.63, 3.8) is 0 Å². The lowest BCUT2D eigenvalue weighted by Crippen LogP contribution is -2.20. The van der Waals surface area contributed by atoms with E-state index in [4.69, 9.17) is 4.42 Å². The molecule has 5 rings (SSSR count). The molecule has 2 aromatic rings. The zero-order valence-corrected chi connectivity index (χ0v) is 16.0. The summed E-state index contributed by atoms with van der Waals surface area (Å²) in [5.41, 5.74) is 1.11. The van der Waals surface area contributed by atoms with Crippen molar-refractivity contribution < 1.29 is 14.3 Å². The fourth-order valence-electron chi connectivity index (χ4n) is 4.90. The summed E-state index contributed by atoms with van der Waals surface area (Å²) in [6, 6.07) is 9.82.